The third-order valence-electron chi connectivity index (χ3n) is 4.41. The van der Waals surface area contributed by atoms with Crippen LogP contribution in [0.3, 0.4) is 0 Å². The van der Waals surface area contributed by atoms with Crippen LogP contribution in [-0.2, 0) is 25.4 Å². The zero-order chi connectivity index (χ0) is 17.7. The van der Waals surface area contributed by atoms with E-state index in [0.29, 0.717) is 6.61 Å². The highest BCUT2D eigenvalue weighted by molar-refractivity contribution is 7.55. The highest BCUT2D eigenvalue weighted by atomic mass is 31.2. The van der Waals surface area contributed by atoms with Gasteiger partial charge in [-0.25, -0.2) is 0 Å². The number of hydrogen-bond acceptors (Lipinski definition) is 4. The van der Waals surface area contributed by atoms with Crippen LogP contribution in [0.5, 0.6) is 0 Å². The van der Waals surface area contributed by atoms with E-state index in [0.717, 1.165) is 11.4 Å². The van der Waals surface area contributed by atoms with Gasteiger partial charge in [-0.15, -0.1) is 0 Å². The fraction of sp³-hybridized carbons (Fsp3) is 0.529. The van der Waals surface area contributed by atoms with Crippen LogP contribution in [0.1, 0.15) is 19.4 Å². The van der Waals surface area contributed by atoms with Crippen molar-refractivity contribution in [2.24, 2.45) is 11.8 Å². The summed E-state index contributed by atoms with van der Waals surface area (Å²) in [6.07, 6.45) is 0.131. The third kappa shape index (κ3) is 5.24. The molecule has 5 unspecified atom stereocenters. The molecule has 1 heterocycles. The summed E-state index contributed by atoms with van der Waals surface area (Å²) in [6.45, 7) is 4.46. The van der Waals surface area contributed by atoms with E-state index >= 15 is 0 Å². The summed E-state index contributed by atoms with van der Waals surface area (Å²) in [5, 5.41) is 0. The molecule has 7 heteroatoms. The molecule has 0 bridgehead atoms. The molecular weight excluding hydrogens is 331 g/mol. The number of benzene rings is 1. The van der Waals surface area contributed by atoms with Gasteiger partial charge < -0.3 is 24.0 Å². The highest BCUT2D eigenvalue weighted by Gasteiger charge is 2.41. The van der Waals surface area contributed by atoms with Crippen molar-refractivity contribution in [3.8, 4) is 0 Å². The molecule has 134 valence electrons. The number of rotatable bonds is 6. The summed E-state index contributed by atoms with van der Waals surface area (Å²) in [7, 11) is -2.67. The quantitative estimate of drug-likeness (QED) is 0.763. The molecule has 0 aromatic heterocycles. The summed E-state index contributed by atoms with van der Waals surface area (Å²) in [5.74, 6) is 1.01. The second kappa shape index (κ2) is 8.39. The van der Waals surface area contributed by atoms with Crippen LogP contribution in [0.2, 0.25) is 0 Å². The zero-order valence-corrected chi connectivity index (χ0v) is 15.0. The van der Waals surface area contributed by atoms with Gasteiger partial charge in [-0.2, -0.15) is 0 Å². The van der Waals surface area contributed by atoms with Crippen molar-refractivity contribution in [2.45, 2.75) is 39.0 Å². The maximum atomic E-state index is 11.0. The second-order valence-corrected chi connectivity index (χ2v) is 7.59. The van der Waals surface area contributed by atoms with Crippen molar-refractivity contribution in [1.82, 2.24) is 0 Å². The van der Waals surface area contributed by atoms with E-state index in [9.17, 15) is 4.57 Å². The van der Waals surface area contributed by atoms with Crippen molar-refractivity contribution in [3.05, 3.63) is 47.8 Å². The average molecular weight is 356 g/mol. The van der Waals surface area contributed by atoms with Crippen LogP contribution in [0.25, 0.3) is 0 Å². The topological polar surface area (TPSA) is 85.2 Å². The Morgan fingerprint density at radius 1 is 1.21 bits per heavy atom. The van der Waals surface area contributed by atoms with E-state index < -0.39 is 20.0 Å². The normalized spacial score (nSPS) is 31.5. The van der Waals surface area contributed by atoms with Crippen molar-refractivity contribution in [3.63, 3.8) is 0 Å². The van der Waals surface area contributed by atoms with E-state index in [1.807, 2.05) is 44.2 Å². The van der Waals surface area contributed by atoms with Gasteiger partial charge in [0.2, 0.25) is 0 Å². The van der Waals surface area contributed by atoms with Gasteiger partial charge in [-0.05, 0) is 23.5 Å². The van der Waals surface area contributed by atoms with Crippen molar-refractivity contribution in [1.29, 1.82) is 0 Å². The lowest BCUT2D eigenvalue weighted by Gasteiger charge is -2.43. The SMILES string of the molecule is COC1OC(/C=C/P(=O)(O)O)C(C)C(C)C1OCc1ccccc1. The van der Waals surface area contributed by atoms with E-state index in [2.05, 4.69) is 0 Å². The molecule has 1 fully saturated rings. The Bertz CT molecular complexity index is 582. The maximum Gasteiger partial charge on any atom is 0.348 e. The van der Waals surface area contributed by atoms with Crippen LogP contribution in [0, 0.1) is 11.8 Å². The van der Waals surface area contributed by atoms with E-state index in [1.165, 1.54) is 13.2 Å². The molecule has 1 aromatic carbocycles. The molecule has 6 nitrogen and oxygen atoms in total. The van der Waals surface area contributed by atoms with Crippen molar-refractivity contribution < 1.29 is 28.6 Å². The van der Waals surface area contributed by atoms with E-state index in [4.69, 9.17) is 24.0 Å². The van der Waals surface area contributed by atoms with Gasteiger partial charge in [0.1, 0.15) is 6.10 Å². The molecule has 1 aliphatic rings. The van der Waals surface area contributed by atoms with Crippen LogP contribution >= 0.6 is 7.60 Å². The number of hydrogen-bond donors (Lipinski definition) is 2. The Morgan fingerprint density at radius 2 is 1.88 bits per heavy atom. The Labute approximate surface area is 142 Å². The molecular formula is C17H25O6P. The smallest absolute Gasteiger partial charge is 0.348 e. The highest BCUT2D eigenvalue weighted by Crippen LogP contribution is 2.39. The Balaban J connectivity index is 2.05. The zero-order valence-electron chi connectivity index (χ0n) is 14.1. The molecule has 0 aliphatic carbocycles. The Morgan fingerprint density at radius 3 is 2.46 bits per heavy atom. The Hall–Kier alpha value is -1.01. The fourth-order valence-corrected chi connectivity index (χ4v) is 3.20. The molecule has 0 radical (unpaired) electrons. The molecule has 0 saturated carbocycles. The predicted octanol–water partition coefficient (Wildman–Crippen LogP) is 2.91. The van der Waals surface area contributed by atoms with E-state index in [-0.39, 0.29) is 17.9 Å². The van der Waals surface area contributed by atoms with Gasteiger partial charge in [0.15, 0.2) is 6.29 Å². The molecule has 0 spiro atoms. The van der Waals surface area contributed by atoms with Gasteiger partial charge >= 0.3 is 7.60 Å². The first-order valence-electron chi connectivity index (χ1n) is 7.90. The van der Waals surface area contributed by atoms with E-state index in [1.54, 1.807) is 0 Å². The predicted molar refractivity (Wildman–Crippen MR) is 90.2 cm³/mol. The van der Waals surface area contributed by atoms with Gasteiger partial charge in [0.05, 0.1) is 12.7 Å². The standard InChI is InChI=1S/C17H25O6P/c1-12-13(2)16(22-11-14-7-5-4-6-8-14)17(21-3)23-15(12)9-10-24(18,19)20/h4-10,12-13,15-17H,11H2,1-3H3,(H2,18,19,20)/b10-9+. The lowest BCUT2D eigenvalue weighted by Crippen LogP contribution is -2.50. The number of methoxy groups -OCH3 is 1. The second-order valence-electron chi connectivity index (χ2n) is 6.11. The minimum atomic E-state index is -4.21. The van der Waals surface area contributed by atoms with Crippen LogP contribution < -0.4 is 0 Å². The first kappa shape index (κ1) is 19.3. The van der Waals surface area contributed by atoms with Crippen LogP contribution in [0.15, 0.2) is 42.2 Å². The van der Waals surface area contributed by atoms with Gasteiger partial charge in [0, 0.05) is 12.9 Å². The monoisotopic (exact) mass is 356 g/mol. The molecule has 0 amide bonds. The largest absolute Gasteiger partial charge is 0.368 e. The first-order chi connectivity index (χ1) is 11.3. The summed E-state index contributed by atoms with van der Waals surface area (Å²) < 4.78 is 28.3. The number of ether oxygens (including phenoxy) is 3. The molecule has 2 N–H and O–H groups in total. The first-order valence-corrected chi connectivity index (χ1v) is 9.58. The van der Waals surface area contributed by atoms with Gasteiger partial charge in [-0.1, -0.05) is 44.2 Å². The maximum absolute atomic E-state index is 11.0. The van der Waals surface area contributed by atoms with Gasteiger partial charge in [0.25, 0.3) is 0 Å². The van der Waals surface area contributed by atoms with Crippen molar-refractivity contribution >= 4 is 7.60 Å². The third-order valence-corrected chi connectivity index (χ3v) is 4.97. The molecule has 1 aromatic rings. The summed E-state index contributed by atoms with van der Waals surface area (Å²) in [5.41, 5.74) is 1.07. The van der Waals surface area contributed by atoms with Gasteiger partial charge in [-0.3, -0.25) is 4.57 Å². The Kier molecular flexibility index (Phi) is 6.75. The van der Waals surface area contributed by atoms with Crippen molar-refractivity contribution in [2.75, 3.05) is 7.11 Å². The van der Waals surface area contributed by atoms with Crippen LogP contribution in [-0.4, -0.2) is 35.4 Å². The lowest BCUT2D eigenvalue weighted by molar-refractivity contribution is -0.265. The molecule has 1 aliphatic heterocycles. The lowest BCUT2D eigenvalue weighted by atomic mass is 9.83. The summed E-state index contributed by atoms with van der Waals surface area (Å²) >= 11 is 0. The minimum Gasteiger partial charge on any atom is -0.368 e. The summed E-state index contributed by atoms with van der Waals surface area (Å²) in [6, 6.07) is 9.85. The molecule has 5 atom stereocenters. The minimum absolute atomic E-state index is 0.0278. The average Bonchev–Trinajstić information content (AvgIpc) is 2.55. The summed E-state index contributed by atoms with van der Waals surface area (Å²) in [4.78, 5) is 18.0. The van der Waals surface area contributed by atoms with Crippen LogP contribution in [0.4, 0.5) is 0 Å². The fourth-order valence-electron chi connectivity index (χ4n) is 2.81. The molecule has 1 saturated heterocycles. The molecule has 24 heavy (non-hydrogen) atoms. The molecule has 2 rings (SSSR count).